The predicted molar refractivity (Wildman–Crippen MR) is 86.0 cm³/mol. The Morgan fingerprint density at radius 2 is 2.00 bits per heavy atom. The number of fused-ring (bicyclic) bond motifs is 1. The number of halogens is 1. The normalized spacial score (nSPS) is 13.7. The van der Waals surface area contributed by atoms with E-state index in [1.54, 1.807) is 18.2 Å². The van der Waals surface area contributed by atoms with Gasteiger partial charge >= 0.3 is 0 Å². The van der Waals surface area contributed by atoms with Crippen LogP contribution >= 0.6 is 11.6 Å². The standard InChI is InChI=1S/C16H16ClNO3S/c17-14-3-1-2-4-16(14)22(19,20)18-9-7-12-5-6-15-13(11-12)8-10-21-15/h1-6,11,18H,7-10H2. The Bertz CT molecular complexity index is 790. The molecule has 0 atom stereocenters. The molecule has 1 aliphatic rings. The predicted octanol–water partition coefficient (Wildman–Crippen LogP) is 2.80. The number of rotatable bonds is 5. The molecule has 0 fully saturated rings. The largest absolute Gasteiger partial charge is 0.493 e. The molecule has 0 spiro atoms. The van der Waals surface area contributed by atoms with E-state index >= 15 is 0 Å². The van der Waals surface area contributed by atoms with Gasteiger partial charge < -0.3 is 4.74 Å². The van der Waals surface area contributed by atoms with Crippen molar-refractivity contribution in [1.29, 1.82) is 0 Å². The van der Waals surface area contributed by atoms with Gasteiger partial charge in [0.05, 0.1) is 11.6 Å². The van der Waals surface area contributed by atoms with Gasteiger partial charge in [-0.05, 0) is 35.7 Å². The van der Waals surface area contributed by atoms with Crippen molar-refractivity contribution in [2.75, 3.05) is 13.2 Å². The molecule has 0 amide bonds. The van der Waals surface area contributed by atoms with Crippen LogP contribution in [0, 0.1) is 0 Å². The van der Waals surface area contributed by atoms with Gasteiger partial charge in [-0.15, -0.1) is 0 Å². The maximum Gasteiger partial charge on any atom is 0.242 e. The number of ether oxygens (including phenoxy) is 1. The van der Waals surface area contributed by atoms with Gasteiger partial charge in [0.25, 0.3) is 0 Å². The fourth-order valence-electron chi connectivity index (χ4n) is 2.47. The third kappa shape index (κ3) is 3.27. The van der Waals surface area contributed by atoms with Crippen molar-refractivity contribution >= 4 is 21.6 Å². The molecule has 2 aromatic carbocycles. The molecule has 0 aliphatic carbocycles. The summed E-state index contributed by atoms with van der Waals surface area (Å²) >= 11 is 5.94. The second-order valence-corrected chi connectivity index (χ2v) is 7.26. The van der Waals surface area contributed by atoms with E-state index in [1.807, 2.05) is 12.1 Å². The molecule has 1 aliphatic heterocycles. The monoisotopic (exact) mass is 337 g/mol. The van der Waals surface area contributed by atoms with Crippen molar-refractivity contribution < 1.29 is 13.2 Å². The molecule has 0 aromatic heterocycles. The SMILES string of the molecule is O=S(=O)(NCCc1ccc2c(c1)CCO2)c1ccccc1Cl. The fraction of sp³-hybridized carbons (Fsp3) is 0.250. The molecule has 0 bridgehead atoms. The molecule has 1 heterocycles. The molecule has 0 unspecified atom stereocenters. The fourth-order valence-corrected chi connectivity index (χ4v) is 4.01. The third-order valence-electron chi connectivity index (χ3n) is 3.59. The first-order chi connectivity index (χ1) is 10.6. The van der Waals surface area contributed by atoms with E-state index in [4.69, 9.17) is 16.3 Å². The van der Waals surface area contributed by atoms with Crippen LogP contribution in [0.2, 0.25) is 5.02 Å². The highest BCUT2D eigenvalue weighted by Crippen LogP contribution is 2.26. The molecule has 0 saturated carbocycles. The lowest BCUT2D eigenvalue weighted by Gasteiger charge is -2.09. The van der Waals surface area contributed by atoms with E-state index in [-0.39, 0.29) is 9.92 Å². The number of nitrogens with one attached hydrogen (secondary N) is 1. The first kappa shape index (κ1) is 15.3. The summed E-state index contributed by atoms with van der Waals surface area (Å²) in [4.78, 5) is 0.110. The molecule has 22 heavy (non-hydrogen) atoms. The smallest absolute Gasteiger partial charge is 0.242 e. The average molecular weight is 338 g/mol. The minimum atomic E-state index is -3.58. The van der Waals surface area contributed by atoms with Gasteiger partial charge in [0.1, 0.15) is 10.6 Å². The first-order valence-electron chi connectivity index (χ1n) is 7.05. The van der Waals surface area contributed by atoms with Gasteiger partial charge in [-0.3, -0.25) is 0 Å². The summed E-state index contributed by atoms with van der Waals surface area (Å²) in [5.74, 6) is 0.931. The van der Waals surface area contributed by atoms with Gasteiger partial charge in [0.2, 0.25) is 10.0 Å². The van der Waals surface area contributed by atoms with Crippen molar-refractivity contribution in [3.8, 4) is 5.75 Å². The molecule has 3 rings (SSSR count). The molecule has 4 nitrogen and oxygen atoms in total. The van der Waals surface area contributed by atoms with Crippen LogP contribution in [-0.2, 0) is 22.9 Å². The Balaban J connectivity index is 1.64. The maximum absolute atomic E-state index is 12.2. The first-order valence-corrected chi connectivity index (χ1v) is 8.91. The van der Waals surface area contributed by atoms with Crippen LogP contribution in [0.15, 0.2) is 47.4 Å². The van der Waals surface area contributed by atoms with Crippen molar-refractivity contribution in [2.24, 2.45) is 0 Å². The minimum Gasteiger partial charge on any atom is -0.493 e. The zero-order valence-electron chi connectivity index (χ0n) is 11.9. The van der Waals surface area contributed by atoms with Crippen molar-refractivity contribution in [1.82, 2.24) is 4.72 Å². The Hall–Kier alpha value is -1.56. The lowest BCUT2D eigenvalue weighted by atomic mass is 10.1. The molecule has 0 saturated heterocycles. The van der Waals surface area contributed by atoms with E-state index in [2.05, 4.69) is 10.8 Å². The topological polar surface area (TPSA) is 55.4 Å². The summed E-state index contributed by atoms with van der Waals surface area (Å²) in [6, 6.07) is 12.4. The maximum atomic E-state index is 12.2. The highest BCUT2D eigenvalue weighted by molar-refractivity contribution is 7.89. The van der Waals surface area contributed by atoms with Crippen LogP contribution in [0.3, 0.4) is 0 Å². The van der Waals surface area contributed by atoms with E-state index in [9.17, 15) is 8.42 Å². The van der Waals surface area contributed by atoms with Crippen LogP contribution in [0.5, 0.6) is 5.75 Å². The summed E-state index contributed by atoms with van der Waals surface area (Å²) in [7, 11) is -3.58. The van der Waals surface area contributed by atoms with Gasteiger partial charge in [0, 0.05) is 13.0 Å². The Kier molecular flexibility index (Phi) is 4.38. The molecule has 0 radical (unpaired) electrons. The lowest BCUT2D eigenvalue weighted by molar-refractivity contribution is 0.357. The Labute approximate surface area is 135 Å². The molecular formula is C16H16ClNO3S. The molecular weight excluding hydrogens is 322 g/mol. The summed E-state index contributed by atoms with van der Waals surface area (Å²) in [5.41, 5.74) is 2.28. The summed E-state index contributed by atoms with van der Waals surface area (Å²) in [6.45, 7) is 1.05. The van der Waals surface area contributed by atoms with Crippen LogP contribution < -0.4 is 9.46 Å². The number of hydrogen-bond acceptors (Lipinski definition) is 3. The van der Waals surface area contributed by atoms with Crippen LogP contribution in [-0.4, -0.2) is 21.6 Å². The van der Waals surface area contributed by atoms with Gasteiger partial charge in [0.15, 0.2) is 0 Å². The van der Waals surface area contributed by atoms with Crippen LogP contribution in [0.4, 0.5) is 0 Å². The Morgan fingerprint density at radius 1 is 1.18 bits per heavy atom. The second kappa shape index (κ2) is 6.28. The summed E-state index contributed by atoms with van der Waals surface area (Å²) in [6.07, 6.45) is 1.53. The molecule has 6 heteroatoms. The summed E-state index contributed by atoms with van der Waals surface area (Å²) < 4.78 is 32.5. The van der Waals surface area contributed by atoms with Gasteiger partial charge in [-0.25, -0.2) is 13.1 Å². The van der Waals surface area contributed by atoms with E-state index in [1.165, 1.54) is 11.6 Å². The van der Waals surface area contributed by atoms with Gasteiger partial charge in [-0.1, -0.05) is 35.9 Å². The van der Waals surface area contributed by atoms with Crippen molar-refractivity contribution in [2.45, 2.75) is 17.7 Å². The second-order valence-electron chi connectivity index (χ2n) is 5.12. The highest BCUT2D eigenvalue weighted by atomic mass is 35.5. The lowest BCUT2D eigenvalue weighted by Crippen LogP contribution is -2.26. The quantitative estimate of drug-likeness (QED) is 0.912. The van der Waals surface area contributed by atoms with Crippen LogP contribution in [0.25, 0.3) is 0 Å². The van der Waals surface area contributed by atoms with Crippen molar-refractivity contribution in [3.05, 3.63) is 58.6 Å². The average Bonchev–Trinajstić information content (AvgIpc) is 2.95. The Morgan fingerprint density at radius 3 is 2.82 bits per heavy atom. The summed E-state index contributed by atoms with van der Waals surface area (Å²) in [5, 5.41) is 0.227. The zero-order chi connectivity index (χ0) is 15.6. The molecule has 2 aromatic rings. The van der Waals surface area contributed by atoms with E-state index in [0.29, 0.717) is 13.0 Å². The molecule has 1 N–H and O–H groups in total. The number of sulfonamides is 1. The van der Waals surface area contributed by atoms with E-state index < -0.39 is 10.0 Å². The highest BCUT2D eigenvalue weighted by Gasteiger charge is 2.17. The third-order valence-corrected chi connectivity index (χ3v) is 5.55. The number of hydrogen-bond donors (Lipinski definition) is 1. The minimum absolute atomic E-state index is 0.110. The number of benzene rings is 2. The molecule has 116 valence electrons. The van der Waals surface area contributed by atoms with Gasteiger partial charge in [-0.2, -0.15) is 0 Å². The van der Waals surface area contributed by atoms with Crippen molar-refractivity contribution in [3.63, 3.8) is 0 Å². The van der Waals surface area contributed by atoms with Crippen LogP contribution in [0.1, 0.15) is 11.1 Å². The van der Waals surface area contributed by atoms with E-state index in [0.717, 1.165) is 24.3 Å². The zero-order valence-corrected chi connectivity index (χ0v) is 13.5.